The fourth-order valence-corrected chi connectivity index (χ4v) is 3.79. The molecule has 0 saturated heterocycles. The molecule has 0 saturated carbocycles. The van der Waals surface area contributed by atoms with Gasteiger partial charge in [-0.25, -0.2) is 0 Å². The molecule has 3 aromatic rings. The van der Waals surface area contributed by atoms with Crippen LogP contribution in [0.25, 0.3) is 0 Å². The molecule has 0 radical (unpaired) electrons. The van der Waals surface area contributed by atoms with E-state index < -0.39 is 0 Å². The van der Waals surface area contributed by atoms with Crippen LogP contribution in [0.3, 0.4) is 0 Å². The Morgan fingerprint density at radius 3 is 2.19 bits per heavy atom. The van der Waals surface area contributed by atoms with E-state index in [0.29, 0.717) is 0 Å². The fraction of sp³-hybridized carbons (Fsp3) is 0.217. The van der Waals surface area contributed by atoms with Gasteiger partial charge in [0.2, 0.25) is 0 Å². The Morgan fingerprint density at radius 2 is 1.52 bits per heavy atom. The first kappa shape index (κ1) is 17.3. The topological polar surface area (TPSA) is 41.9 Å². The fourth-order valence-electron chi connectivity index (χ4n) is 3.79. The van der Waals surface area contributed by atoms with E-state index in [1.54, 1.807) is 26.4 Å². The molecule has 1 aliphatic rings. The molecule has 1 N–H and O–H groups in total. The molecule has 0 fully saturated rings. The summed E-state index contributed by atoms with van der Waals surface area (Å²) in [6.45, 7) is 0. The van der Waals surface area contributed by atoms with Gasteiger partial charge in [-0.2, -0.15) is 0 Å². The molecule has 1 unspecified atom stereocenters. The third kappa shape index (κ3) is 3.31. The number of nitrogens with zero attached hydrogens (tertiary/aromatic N) is 1. The molecule has 0 aliphatic carbocycles. The number of phenolic OH excluding ortho intramolecular Hbond substituents is 1. The SMILES string of the molecule is COc1ccc(C2CCc3cc(OC)ccc3N2c2ccc(O)cc2)cc1. The largest absolute Gasteiger partial charge is 0.508 e. The Balaban J connectivity index is 1.80. The second-order valence-electron chi connectivity index (χ2n) is 6.71. The molecule has 1 heterocycles. The van der Waals surface area contributed by atoms with Crippen LogP contribution >= 0.6 is 0 Å². The lowest BCUT2D eigenvalue weighted by molar-refractivity contribution is 0.413. The van der Waals surface area contributed by atoms with E-state index in [4.69, 9.17) is 9.47 Å². The number of hydrogen-bond donors (Lipinski definition) is 1. The number of aromatic hydroxyl groups is 1. The molecule has 3 aromatic carbocycles. The van der Waals surface area contributed by atoms with Crippen molar-refractivity contribution in [3.8, 4) is 17.2 Å². The van der Waals surface area contributed by atoms with Crippen molar-refractivity contribution in [3.05, 3.63) is 77.9 Å². The quantitative estimate of drug-likeness (QED) is 0.690. The number of rotatable bonds is 4. The molecular weight excluding hydrogens is 338 g/mol. The number of aryl methyl sites for hydroxylation is 1. The van der Waals surface area contributed by atoms with Crippen LogP contribution in [0.15, 0.2) is 66.7 Å². The molecule has 0 bridgehead atoms. The number of benzene rings is 3. The molecule has 4 nitrogen and oxygen atoms in total. The van der Waals surface area contributed by atoms with Crippen LogP contribution in [-0.4, -0.2) is 19.3 Å². The van der Waals surface area contributed by atoms with E-state index in [1.807, 2.05) is 30.3 Å². The van der Waals surface area contributed by atoms with E-state index in [9.17, 15) is 5.11 Å². The molecule has 27 heavy (non-hydrogen) atoms. The van der Waals surface area contributed by atoms with Crippen LogP contribution < -0.4 is 14.4 Å². The summed E-state index contributed by atoms with van der Waals surface area (Å²) in [5.74, 6) is 2.00. The highest BCUT2D eigenvalue weighted by Gasteiger charge is 2.29. The number of anilines is 2. The second-order valence-corrected chi connectivity index (χ2v) is 6.71. The van der Waals surface area contributed by atoms with Gasteiger partial charge in [-0.3, -0.25) is 0 Å². The van der Waals surface area contributed by atoms with Gasteiger partial charge in [-0.15, -0.1) is 0 Å². The smallest absolute Gasteiger partial charge is 0.119 e. The van der Waals surface area contributed by atoms with Crippen LogP contribution in [-0.2, 0) is 6.42 Å². The first-order valence-electron chi connectivity index (χ1n) is 9.09. The summed E-state index contributed by atoms with van der Waals surface area (Å²) in [5.41, 5.74) is 4.74. The van der Waals surface area contributed by atoms with Gasteiger partial charge in [0, 0.05) is 11.4 Å². The summed E-state index contributed by atoms with van der Waals surface area (Å²) in [6.07, 6.45) is 1.98. The van der Waals surface area contributed by atoms with Crippen molar-refractivity contribution in [2.75, 3.05) is 19.1 Å². The maximum Gasteiger partial charge on any atom is 0.119 e. The molecule has 0 amide bonds. The van der Waals surface area contributed by atoms with Crippen LogP contribution in [0, 0.1) is 0 Å². The van der Waals surface area contributed by atoms with Crippen molar-refractivity contribution in [1.82, 2.24) is 0 Å². The minimum atomic E-state index is 0.210. The number of hydrogen-bond acceptors (Lipinski definition) is 4. The van der Waals surface area contributed by atoms with Gasteiger partial charge in [-0.1, -0.05) is 12.1 Å². The summed E-state index contributed by atoms with van der Waals surface area (Å²) in [4.78, 5) is 2.35. The lowest BCUT2D eigenvalue weighted by Crippen LogP contribution is -2.29. The predicted molar refractivity (Wildman–Crippen MR) is 107 cm³/mol. The number of phenols is 1. The Morgan fingerprint density at radius 1 is 0.852 bits per heavy atom. The zero-order valence-electron chi connectivity index (χ0n) is 15.6. The Bertz CT molecular complexity index is 919. The molecular formula is C23H23NO3. The van der Waals surface area contributed by atoms with Crippen molar-refractivity contribution in [3.63, 3.8) is 0 Å². The summed E-state index contributed by atoms with van der Waals surface area (Å²) in [7, 11) is 3.38. The minimum Gasteiger partial charge on any atom is -0.508 e. The molecule has 1 aliphatic heterocycles. The summed E-state index contributed by atoms with van der Waals surface area (Å²) >= 11 is 0. The normalized spacial score (nSPS) is 15.9. The van der Waals surface area contributed by atoms with E-state index in [2.05, 4.69) is 29.2 Å². The Labute approximate surface area is 159 Å². The Hall–Kier alpha value is -3.14. The first-order chi connectivity index (χ1) is 13.2. The van der Waals surface area contributed by atoms with E-state index in [1.165, 1.54) is 16.8 Å². The van der Waals surface area contributed by atoms with Gasteiger partial charge < -0.3 is 19.5 Å². The van der Waals surface area contributed by atoms with Gasteiger partial charge in [0.1, 0.15) is 17.2 Å². The van der Waals surface area contributed by atoms with Crippen molar-refractivity contribution >= 4 is 11.4 Å². The van der Waals surface area contributed by atoms with Gasteiger partial charge in [-0.05, 0) is 78.6 Å². The number of ether oxygens (including phenoxy) is 2. The summed E-state index contributed by atoms with van der Waals surface area (Å²) in [5, 5.41) is 9.71. The minimum absolute atomic E-state index is 0.210. The Kier molecular flexibility index (Phi) is 4.63. The first-order valence-corrected chi connectivity index (χ1v) is 9.09. The summed E-state index contributed by atoms with van der Waals surface area (Å²) in [6, 6.07) is 22.1. The lowest BCUT2D eigenvalue weighted by atomic mass is 9.90. The standard InChI is InChI=1S/C23H23NO3/c1-26-20-10-3-16(4-11-20)22-13-5-17-15-21(27-2)12-14-23(17)24(22)18-6-8-19(25)9-7-18/h3-4,6-12,14-15,22,25H,5,13H2,1-2H3. The second kappa shape index (κ2) is 7.23. The third-order valence-electron chi connectivity index (χ3n) is 5.17. The van der Waals surface area contributed by atoms with Crippen LogP contribution in [0.4, 0.5) is 11.4 Å². The van der Waals surface area contributed by atoms with Gasteiger partial charge in [0.15, 0.2) is 0 Å². The maximum absolute atomic E-state index is 9.71. The monoisotopic (exact) mass is 361 g/mol. The molecule has 4 rings (SSSR count). The maximum atomic E-state index is 9.71. The van der Waals surface area contributed by atoms with E-state index in [-0.39, 0.29) is 11.8 Å². The molecule has 138 valence electrons. The average molecular weight is 361 g/mol. The highest BCUT2D eigenvalue weighted by Crippen LogP contribution is 2.45. The van der Waals surface area contributed by atoms with E-state index in [0.717, 1.165) is 30.0 Å². The summed E-state index contributed by atoms with van der Waals surface area (Å²) < 4.78 is 10.7. The number of fused-ring (bicyclic) bond motifs is 1. The zero-order chi connectivity index (χ0) is 18.8. The van der Waals surface area contributed by atoms with Crippen LogP contribution in [0.1, 0.15) is 23.6 Å². The van der Waals surface area contributed by atoms with Crippen LogP contribution in [0.2, 0.25) is 0 Å². The van der Waals surface area contributed by atoms with Crippen molar-refractivity contribution in [2.45, 2.75) is 18.9 Å². The number of methoxy groups -OCH3 is 2. The highest BCUT2D eigenvalue weighted by molar-refractivity contribution is 5.71. The average Bonchev–Trinajstić information content (AvgIpc) is 2.73. The molecule has 0 aromatic heterocycles. The van der Waals surface area contributed by atoms with Crippen molar-refractivity contribution < 1.29 is 14.6 Å². The predicted octanol–water partition coefficient (Wildman–Crippen LogP) is 5.24. The molecule has 4 heteroatoms. The van der Waals surface area contributed by atoms with E-state index >= 15 is 0 Å². The zero-order valence-corrected chi connectivity index (χ0v) is 15.6. The van der Waals surface area contributed by atoms with Gasteiger partial charge in [0.05, 0.1) is 20.3 Å². The van der Waals surface area contributed by atoms with Gasteiger partial charge in [0.25, 0.3) is 0 Å². The molecule has 1 atom stereocenters. The van der Waals surface area contributed by atoms with Crippen molar-refractivity contribution in [2.24, 2.45) is 0 Å². The lowest BCUT2D eigenvalue weighted by Gasteiger charge is -2.39. The molecule has 0 spiro atoms. The van der Waals surface area contributed by atoms with Gasteiger partial charge >= 0.3 is 0 Å². The third-order valence-corrected chi connectivity index (χ3v) is 5.17. The van der Waals surface area contributed by atoms with Crippen LogP contribution in [0.5, 0.6) is 17.2 Å². The van der Waals surface area contributed by atoms with Crippen molar-refractivity contribution in [1.29, 1.82) is 0 Å². The highest BCUT2D eigenvalue weighted by atomic mass is 16.5.